The van der Waals surface area contributed by atoms with Gasteiger partial charge in [0, 0.05) is 31.1 Å². The van der Waals surface area contributed by atoms with E-state index in [2.05, 4.69) is 21.3 Å². The molecule has 3 aromatic rings. The van der Waals surface area contributed by atoms with Gasteiger partial charge in [-0.1, -0.05) is 12.1 Å². The summed E-state index contributed by atoms with van der Waals surface area (Å²) in [5, 5.41) is 11.5. The number of aromatic nitrogens is 1. The standard InChI is InChI=1S/C35H38FN5O6S/c1-2-37-31(44)26(42)15-23-16-35(23,40-32(45)27-14-20-5-3-6-24(36)30(20)48-27)34(47)38-25-7-4-8-41(33(25)46)17-28(43)39-29-21-10-18-9-19(12-21)13-22(29)11-18/h3-8,14,18-19,21-23,29H,2,9-13,15-17H2,1H3,(H,37,44)(H,38,47)(H,39,43)(H,40,45). The quantitative estimate of drug-likeness (QED) is 0.229. The van der Waals surface area contributed by atoms with Crippen molar-refractivity contribution in [3.05, 3.63) is 63.6 Å². The zero-order valence-corrected chi connectivity index (χ0v) is 27.4. The van der Waals surface area contributed by atoms with Crippen LogP contribution in [0.2, 0.25) is 0 Å². The predicted molar refractivity (Wildman–Crippen MR) is 177 cm³/mol. The Bertz CT molecular complexity index is 1860. The minimum absolute atomic E-state index is 0.0455. The number of hydrogen-bond acceptors (Lipinski definition) is 7. The fourth-order valence-corrected chi connectivity index (χ4v) is 9.54. The van der Waals surface area contributed by atoms with E-state index in [-0.39, 0.29) is 53.1 Å². The molecule has 11 nitrogen and oxygen atoms in total. The number of ketones is 1. The van der Waals surface area contributed by atoms with Crippen molar-refractivity contribution in [1.29, 1.82) is 0 Å². The average molecular weight is 676 g/mol. The lowest BCUT2D eigenvalue weighted by atomic mass is 9.54. The van der Waals surface area contributed by atoms with Crippen LogP contribution in [0.5, 0.6) is 0 Å². The van der Waals surface area contributed by atoms with E-state index in [0.717, 1.165) is 48.9 Å². The van der Waals surface area contributed by atoms with Crippen molar-refractivity contribution >= 4 is 56.5 Å². The first-order chi connectivity index (χ1) is 23.0. The summed E-state index contributed by atoms with van der Waals surface area (Å²) in [6, 6.07) is 9.09. The van der Waals surface area contributed by atoms with Crippen LogP contribution in [0.3, 0.4) is 0 Å². The molecule has 0 radical (unpaired) electrons. The zero-order chi connectivity index (χ0) is 33.7. The number of rotatable bonds is 11. The summed E-state index contributed by atoms with van der Waals surface area (Å²) in [7, 11) is 0. The van der Waals surface area contributed by atoms with E-state index in [4.69, 9.17) is 0 Å². The van der Waals surface area contributed by atoms with E-state index >= 15 is 0 Å². The number of thiophene rings is 1. The Morgan fingerprint density at radius 2 is 1.73 bits per heavy atom. The lowest BCUT2D eigenvalue weighted by Crippen LogP contribution is -2.56. The van der Waals surface area contributed by atoms with Crippen molar-refractivity contribution in [2.75, 3.05) is 11.9 Å². The molecule has 0 saturated heterocycles. The van der Waals surface area contributed by atoms with Crippen molar-refractivity contribution in [1.82, 2.24) is 20.5 Å². The molecule has 2 atom stereocenters. The average Bonchev–Trinajstić information content (AvgIpc) is 3.53. The number of carbonyl (C=O) groups is 5. The van der Waals surface area contributed by atoms with Crippen LogP contribution in [0.15, 0.2) is 47.4 Å². The third kappa shape index (κ3) is 6.04. The van der Waals surface area contributed by atoms with E-state index < -0.39 is 46.3 Å². The maximum Gasteiger partial charge on any atom is 0.287 e. The van der Waals surface area contributed by atoms with Crippen LogP contribution < -0.4 is 26.8 Å². The first-order valence-electron chi connectivity index (χ1n) is 16.7. The molecule has 2 unspecified atom stereocenters. The van der Waals surface area contributed by atoms with Gasteiger partial charge in [0.1, 0.15) is 23.6 Å². The second-order valence-electron chi connectivity index (χ2n) is 13.9. The van der Waals surface area contributed by atoms with Crippen molar-refractivity contribution < 1.29 is 28.4 Å². The molecule has 4 bridgehead atoms. The Labute approximate surface area is 280 Å². The van der Waals surface area contributed by atoms with Crippen LogP contribution in [-0.2, 0) is 25.7 Å². The fourth-order valence-electron chi connectivity index (χ4n) is 8.58. The number of carbonyl (C=O) groups excluding carboxylic acids is 5. The summed E-state index contributed by atoms with van der Waals surface area (Å²) in [6.07, 6.45) is 7.12. The highest BCUT2D eigenvalue weighted by Crippen LogP contribution is 2.53. The highest BCUT2D eigenvalue weighted by atomic mass is 32.1. The Morgan fingerprint density at radius 3 is 2.42 bits per heavy atom. The number of nitrogens with one attached hydrogen (secondary N) is 4. The second-order valence-corrected chi connectivity index (χ2v) is 15.0. The highest BCUT2D eigenvalue weighted by molar-refractivity contribution is 7.20. The molecule has 5 aliphatic carbocycles. The number of Topliss-reactive ketones (excluding diaryl/α,β-unsaturated/α-hetero) is 1. The van der Waals surface area contributed by atoms with Gasteiger partial charge in [0.15, 0.2) is 0 Å². The van der Waals surface area contributed by atoms with E-state index in [1.807, 2.05) is 0 Å². The van der Waals surface area contributed by atoms with E-state index in [1.165, 1.54) is 41.5 Å². The Balaban J connectivity index is 1.07. The van der Waals surface area contributed by atoms with Gasteiger partial charge in [-0.25, -0.2) is 4.39 Å². The molecule has 5 saturated carbocycles. The predicted octanol–water partition coefficient (Wildman–Crippen LogP) is 3.37. The molecule has 13 heteroatoms. The van der Waals surface area contributed by atoms with Gasteiger partial charge in [-0.05, 0) is 98.8 Å². The molecule has 4 N–H and O–H groups in total. The van der Waals surface area contributed by atoms with Crippen LogP contribution in [0.4, 0.5) is 10.1 Å². The number of hydrogen-bond donors (Lipinski definition) is 4. The number of anilines is 1. The van der Waals surface area contributed by atoms with Gasteiger partial charge < -0.3 is 25.8 Å². The number of pyridine rings is 1. The summed E-state index contributed by atoms with van der Waals surface area (Å²) in [5.41, 5.74) is -2.29. The molecule has 5 fully saturated rings. The third-order valence-corrected chi connectivity index (χ3v) is 11.9. The van der Waals surface area contributed by atoms with Gasteiger partial charge in [0.05, 0.1) is 9.58 Å². The van der Waals surface area contributed by atoms with Gasteiger partial charge in [-0.3, -0.25) is 28.8 Å². The van der Waals surface area contributed by atoms with E-state index in [0.29, 0.717) is 17.2 Å². The highest BCUT2D eigenvalue weighted by Gasteiger charge is 2.62. The maximum absolute atomic E-state index is 14.3. The van der Waals surface area contributed by atoms with Crippen LogP contribution >= 0.6 is 11.3 Å². The van der Waals surface area contributed by atoms with Gasteiger partial charge in [0.2, 0.25) is 11.7 Å². The van der Waals surface area contributed by atoms with Crippen LogP contribution in [-0.4, -0.2) is 52.1 Å². The third-order valence-electron chi connectivity index (χ3n) is 10.7. The minimum atomic E-state index is -1.60. The molecule has 4 amide bonds. The van der Waals surface area contributed by atoms with Crippen molar-refractivity contribution in [2.24, 2.45) is 29.6 Å². The molecule has 0 aliphatic heterocycles. The molecular formula is C35H38FN5O6S. The van der Waals surface area contributed by atoms with Gasteiger partial charge >= 0.3 is 0 Å². The number of benzene rings is 1. The zero-order valence-electron chi connectivity index (χ0n) is 26.6. The lowest BCUT2D eigenvalue weighted by Gasteiger charge is -2.54. The molecule has 5 aliphatic rings. The van der Waals surface area contributed by atoms with E-state index in [9.17, 15) is 33.2 Å². The van der Waals surface area contributed by atoms with Gasteiger partial charge in [-0.2, -0.15) is 0 Å². The summed E-state index contributed by atoms with van der Waals surface area (Å²) >= 11 is 0.932. The minimum Gasteiger partial charge on any atom is -0.351 e. The molecule has 2 heterocycles. The Kier molecular flexibility index (Phi) is 8.42. The number of fused-ring (bicyclic) bond motifs is 1. The van der Waals surface area contributed by atoms with Gasteiger partial charge in [-0.15, -0.1) is 11.3 Å². The summed E-state index contributed by atoms with van der Waals surface area (Å²) in [5.74, 6) is -1.86. The lowest BCUT2D eigenvalue weighted by molar-refractivity contribution is -0.138. The van der Waals surface area contributed by atoms with Crippen LogP contribution in [0.25, 0.3) is 10.1 Å². The molecule has 2 aromatic heterocycles. The summed E-state index contributed by atoms with van der Waals surface area (Å²) in [4.78, 5) is 78.8. The Hall–Kier alpha value is -4.39. The SMILES string of the molecule is CCNC(=O)C(=O)CC1CC1(NC(=O)c1cc2cccc(F)c2s1)C(=O)Nc1cccn(CC(=O)NC2C3CC4CC(C3)CC2C4)c1=O. The monoisotopic (exact) mass is 675 g/mol. The molecule has 0 spiro atoms. The van der Waals surface area contributed by atoms with E-state index in [1.54, 1.807) is 19.1 Å². The topological polar surface area (TPSA) is 155 Å². The van der Waals surface area contributed by atoms with Crippen molar-refractivity contribution in [3.63, 3.8) is 0 Å². The molecule has 8 rings (SSSR count). The molecular weight excluding hydrogens is 637 g/mol. The number of amides is 4. The smallest absolute Gasteiger partial charge is 0.287 e. The number of halogens is 1. The first kappa shape index (κ1) is 32.2. The fraction of sp³-hybridized carbons (Fsp3) is 0.486. The second kappa shape index (κ2) is 12.6. The first-order valence-corrected chi connectivity index (χ1v) is 17.5. The summed E-state index contributed by atoms with van der Waals surface area (Å²) in [6.45, 7) is 1.72. The molecule has 252 valence electrons. The van der Waals surface area contributed by atoms with Crippen LogP contribution in [0, 0.1) is 35.4 Å². The molecule has 1 aromatic carbocycles. The number of nitrogens with zero attached hydrogens (tertiary/aromatic N) is 1. The Morgan fingerprint density at radius 1 is 1.00 bits per heavy atom. The normalized spacial score (nSPS) is 28.1. The van der Waals surface area contributed by atoms with Crippen molar-refractivity contribution in [2.45, 2.75) is 70.0 Å². The number of likely N-dealkylation sites (N-methyl/N-ethyl adjacent to an activating group) is 1. The van der Waals surface area contributed by atoms with Crippen molar-refractivity contribution in [3.8, 4) is 0 Å². The summed E-state index contributed by atoms with van der Waals surface area (Å²) < 4.78 is 15.9. The molecule has 48 heavy (non-hydrogen) atoms. The largest absolute Gasteiger partial charge is 0.351 e. The van der Waals surface area contributed by atoms with Gasteiger partial charge in [0.25, 0.3) is 23.3 Å². The van der Waals surface area contributed by atoms with Crippen LogP contribution in [0.1, 0.15) is 61.5 Å². The maximum atomic E-state index is 14.3.